The summed E-state index contributed by atoms with van der Waals surface area (Å²) in [4.78, 5) is 0.126. The molecule has 1 aliphatic heterocycles. The van der Waals surface area contributed by atoms with Crippen molar-refractivity contribution >= 4 is 22.1 Å². The van der Waals surface area contributed by atoms with Crippen LogP contribution < -0.4 is 9.47 Å². The number of sulfonamides is 1. The lowest BCUT2D eigenvalue weighted by atomic mass is 10.2. The average molecular weight is 398 g/mol. The number of hydrogen-bond acceptors (Lipinski definition) is 7. The lowest BCUT2D eigenvalue weighted by Crippen LogP contribution is -2.27. The molecular formula is C19H18N4O4S. The summed E-state index contributed by atoms with van der Waals surface area (Å²) in [7, 11) is -0.696. The molecule has 2 aromatic rings. The van der Waals surface area contributed by atoms with Gasteiger partial charge in [-0.3, -0.25) is 0 Å². The summed E-state index contributed by atoms with van der Waals surface area (Å²) in [5.74, 6) is 1.38. The monoisotopic (exact) mass is 398 g/mol. The van der Waals surface area contributed by atoms with Crippen molar-refractivity contribution in [3.63, 3.8) is 0 Å². The minimum Gasteiger partial charge on any atom is -0.497 e. The predicted molar refractivity (Wildman–Crippen MR) is 104 cm³/mol. The minimum absolute atomic E-state index is 0.126. The first-order valence-electron chi connectivity index (χ1n) is 8.35. The molecule has 0 amide bonds. The largest absolute Gasteiger partial charge is 0.497 e. The van der Waals surface area contributed by atoms with E-state index >= 15 is 0 Å². The number of amidine groups is 1. The Morgan fingerprint density at radius 2 is 2.00 bits per heavy atom. The van der Waals surface area contributed by atoms with Gasteiger partial charge in [-0.25, -0.2) is 5.01 Å². The van der Waals surface area contributed by atoms with E-state index in [1.165, 1.54) is 24.4 Å². The molecule has 0 saturated carbocycles. The van der Waals surface area contributed by atoms with E-state index in [2.05, 4.69) is 9.50 Å². The van der Waals surface area contributed by atoms with Gasteiger partial charge in [0.05, 0.1) is 39.5 Å². The van der Waals surface area contributed by atoms with Crippen LogP contribution in [-0.4, -0.2) is 46.2 Å². The summed E-state index contributed by atoms with van der Waals surface area (Å²) in [5.41, 5.74) is 1.09. The Bertz CT molecular complexity index is 1090. The van der Waals surface area contributed by atoms with Gasteiger partial charge in [0.15, 0.2) is 5.84 Å². The fourth-order valence-electron chi connectivity index (χ4n) is 2.72. The zero-order valence-corrected chi connectivity index (χ0v) is 16.2. The lowest BCUT2D eigenvalue weighted by Gasteiger charge is -2.17. The minimum atomic E-state index is -3.79. The zero-order valence-electron chi connectivity index (χ0n) is 15.4. The van der Waals surface area contributed by atoms with Crippen LogP contribution in [0.2, 0.25) is 0 Å². The third-order valence-electron chi connectivity index (χ3n) is 4.07. The molecule has 9 heteroatoms. The van der Waals surface area contributed by atoms with E-state index in [0.29, 0.717) is 22.6 Å². The molecular weight excluding hydrogens is 380 g/mol. The average Bonchev–Trinajstić information content (AvgIpc) is 2.99. The van der Waals surface area contributed by atoms with Crippen molar-refractivity contribution in [3.8, 4) is 17.6 Å². The highest BCUT2D eigenvalue weighted by Gasteiger charge is 2.31. The molecule has 3 rings (SSSR count). The van der Waals surface area contributed by atoms with E-state index in [0.717, 1.165) is 0 Å². The maximum Gasteiger partial charge on any atom is 0.285 e. The smallest absolute Gasteiger partial charge is 0.285 e. The van der Waals surface area contributed by atoms with Gasteiger partial charge < -0.3 is 9.47 Å². The SMILES string of the molecule is COc1ccc(OC)c(/C=N\N(CCC#N)C2=NS(=O)(=O)c3ccccc32)c1. The standard InChI is InChI=1S/C19H18N4O4S/c1-26-15-8-9-17(27-2)14(12-15)13-21-23(11-5-10-20)19-16-6-3-4-7-18(16)28(24,25)22-19/h3-4,6-9,12-13H,5,11H2,1-2H3/b21-13-. The number of hydrogen-bond donors (Lipinski definition) is 0. The molecule has 0 aromatic heterocycles. The molecule has 0 N–H and O–H groups in total. The molecule has 28 heavy (non-hydrogen) atoms. The third-order valence-corrected chi connectivity index (χ3v) is 5.39. The van der Waals surface area contributed by atoms with Gasteiger partial charge in [-0.15, -0.1) is 4.40 Å². The van der Waals surface area contributed by atoms with E-state index in [9.17, 15) is 8.42 Å². The van der Waals surface area contributed by atoms with Crippen LogP contribution in [-0.2, 0) is 10.0 Å². The van der Waals surface area contributed by atoms with Gasteiger partial charge >= 0.3 is 0 Å². The molecule has 8 nitrogen and oxygen atoms in total. The van der Waals surface area contributed by atoms with Crippen molar-refractivity contribution in [2.24, 2.45) is 9.50 Å². The number of ether oxygens (including phenoxy) is 2. The van der Waals surface area contributed by atoms with Crippen LogP contribution >= 0.6 is 0 Å². The van der Waals surface area contributed by atoms with Crippen molar-refractivity contribution < 1.29 is 17.9 Å². The van der Waals surface area contributed by atoms with E-state index in [1.807, 2.05) is 6.07 Å². The first-order valence-corrected chi connectivity index (χ1v) is 9.79. The van der Waals surface area contributed by atoms with Gasteiger partial charge in [0.25, 0.3) is 10.0 Å². The molecule has 0 bridgehead atoms. The lowest BCUT2D eigenvalue weighted by molar-refractivity contribution is 0.402. The van der Waals surface area contributed by atoms with Gasteiger partial charge in [0.2, 0.25) is 0 Å². The van der Waals surface area contributed by atoms with Gasteiger partial charge in [-0.2, -0.15) is 18.8 Å². The Morgan fingerprint density at radius 3 is 2.71 bits per heavy atom. The summed E-state index contributed by atoms with van der Waals surface area (Å²) in [6, 6.07) is 13.8. The second kappa shape index (κ2) is 8.10. The molecule has 0 saturated heterocycles. The number of fused-ring (bicyclic) bond motifs is 1. The number of rotatable bonds is 6. The molecule has 0 aliphatic carbocycles. The van der Waals surface area contributed by atoms with Gasteiger partial charge in [0.1, 0.15) is 16.4 Å². The van der Waals surface area contributed by atoms with Crippen molar-refractivity contribution in [2.75, 3.05) is 20.8 Å². The van der Waals surface area contributed by atoms with E-state index in [-0.39, 0.29) is 23.7 Å². The molecule has 2 aromatic carbocycles. The Morgan fingerprint density at radius 1 is 1.21 bits per heavy atom. The van der Waals surface area contributed by atoms with Crippen LogP contribution in [0, 0.1) is 11.3 Å². The Hall–Kier alpha value is -3.38. The topological polar surface area (TPSA) is 104 Å². The van der Waals surface area contributed by atoms with Gasteiger partial charge in [-0.1, -0.05) is 12.1 Å². The summed E-state index contributed by atoms with van der Waals surface area (Å²) < 4.78 is 39.1. The van der Waals surface area contributed by atoms with E-state index in [1.54, 1.807) is 43.5 Å². The van der Waals surface area contributed by atoms with E-state index < -0.39 is 10.0 Å². The Kier molecular flexibility index (Phi) is 5.61. The molecule has 0 spiro atoms. The fraction of sp³-hybridized carbons (Fsp3) is 0.211. The van der Waals surface area contributed by atoms with Crippen LogP contribution in [0.5, 0.6) is 11.5 Å². The van der Waals surface area contributed by atoms with Crippen LogP contribution in [0.15, 0.2) is 56.9 Å². The van der Waals surface area contributed by atoms with Crippen molar-refractivity contribution in [3.05, 3.63) is 53.6 Å². The Labute approximate surface area is 163 Å². The molecule has 0 radical (unpaired) electrons. The van der Waals surface area contributed by atoms with Crippen LogP contribution in [0.1, 0.15) is 17.5 Å². The van der Waals surface area contributed by atoms with Crippen LogP contribution in [0.25, 0.3) is 0 Å². The Balaban J connectivity index is 2.02. The van der Waals surface area contributed by atoms with Crippen LogP contribution in [0.4, 0.5) is 0 Å². The predicted octanol–water partition coefficient (Wildman–Crippen LogP) is 2.40. The van der Waals surface area contributed by atoms with Gasteiger partial charge in [0, 0.05) is 11.1 Å². The third kappa shape index (κ3) is 3.82. The fourth-order valence-corrected chi connectivity index (χ4v) is 3.93. The highest BCUT2D eigenvalue weighted by molar-refractivity contribution is 7.90. The molecule has 1 aliphatic rings. The molecule has 0 atom stereocenters. The highest BCUT2D eigenvalue weighted by atomic mass is 32.2. The molecule has 144 valence electrons. The van der Waals surface area contributed by atoms with Gasteiger partial charge in [-0.05, 0) is 30.3 Å². The number of nitrogens with zero attached hydrogens (tertiary/aromatic N) is 4. The summed E-state index contributed by atoms with van der Waals surface area (Å²) in [6.45, 7) is 0.183. The first-order chi connectivity index (χ1) is 13.5. The zero-order chi connectivity index (χ0) is 20.1. The maximum atomic E-state index is 12.3. The summed E-state index contributed by atoms with van der Waals surface area (Å²) >= 11 is 0. The maximum absolute atomic E-state index is 12.3. The summed E-state index contributed by atoms with van der Waals surface area (Å²) in [6.07, 6.45) is 1.67. The second-order valence-electron chi connectivity index (χ2n) is 5.77. The quantitative estimate of drug-likeness (QED) is 0.547. The number of nitriles is 1. The molecule has 1 heterocycles. The van der Waals surface area contributed by atoms with Crippen LogP contribution in [0.3, 0.4) is 0 Å². The summed E-state index contributed by atoms with van der Waals surface area (Å²) in [5, 5.41) is 14.8. The number of hydrazone groups is 1. The first kappa shape index (κ1) is 19.4. The number of methoxy groups -OCH3 is 2. The highest BCUT2D eigenvalue weighted by Crippen LogP contribution is 2.28. The molecule has 0 fully saturated rings. The van der Waals surface area contributed by atoms with Crippen molar-refractivity contribution in [1.82, 2.24) is 5.01 Å². The molecule has 0 unspecified atom stereocenters. The second-order valence-corrected chi connectivity index (χ2v) is 7.34. The number of benzene rings is 2. The van der Waals surface area contributed by atoms with Crippen molar-refractivity contribution in [2.45, 2.75) is 11.3 Å². The normalized spacial score (nSPS) is 14.2. The van der Waals surface area contributed by atoms with Crippen molar-refractivity contribution in [1.29, 1.82) is 5.26 Å². The van der Waals surface area contributed by atoms with E-state index in [4.69, 9.17) is 14.7 Å².